The van der Waals surface area contributed by atoms with Gasteiger partial charge in [0.1, 0.15) is 11.7 Å². The molecular formula is C34H40N8O3. The molecule has 1 fully saturated rings. The highest BCUT2D eigenvalue weighted by Crippen LogP contribution is 2.36. The average molecular weight is 609 g/mol. The number of likely N-dealkylation sites (tertiary alicyclic amines) is 1. The highest BCUT2D eigenvalue weighted by molar-refractivity contribution is 6.05. The van der Waals surface area contributed by atoms with Gasteiger partial charge in [-0.15, -0.1) is 0 Å². The van der Waals surface area contributed by atoms with Gasteiger partial charge in [0, 0.05) is 48.4 Å². The standard InChI is InChI=1S/C34H40N8O3/c1-21(2)33(44)40-17-14-23(15-18-40)27-19-26(30(39-27)31(36)37-20-35)22-10-12-24(13-11-22)38-32(43)29-28-9-6-16-41(28)42(34(29)45)25-7-4-3-5-8-25/h3-5,7-8,10-13,19-21,23,31,39H,6,9,14-18,36H2,1-2H3,(H2,35,37)(H,38,43). The van der Waals surface area contributed by atoms with Crippen molar-refractivity contribution in [1.82, 2.24) is 19.2 Å². The molecule has 0 spiro atoms. The topological polar surface area (TPSA) is 157 Å². The van der Waals surface area contributed by atoms with E-state index in [1.807, 2.05) is 78.0 Å². The Labute approximate surface area is 261 Å². The molecule has 2 aromatic heterocycles. The second-order valence-corrected chi connectivity index (χ2v) is 12.1. The predicted molar refractivity (Wildman–Crippen MR) is 176 cm³/mol. The van der Waals surface area contributed by atoms with Crippen molar-refractivity contribution in [3.05, 3.63) is 93.7 Å². The van der Waals surface area contributed by atoms with Crippen LogP contribution in [0.5, 0.6) is 0 Å². The number of aliphatic imine (C=N–C) groups is 1. The van der Waals surface area contributed by atoms with Crippen LogP contribution in [0.1, 0.15) is 72.6 Å². The molecule has 1 atom stereocenters. The van der Waals surface area contributed by atoms with Crippen LogP contribution in [-0.2, 0) is 17.8 Å². The van der Waals surface area contributed by atoms with E-state index < -0.39 is 12.1 Å². The number of para-hydroxylation sites is 1. The monoisotopic (exact) mass is 608 g/mol. The Balaban J connectivity index is 1.23. The van der Waals surface area contributed by atoms with E-state index >= 15 is 0 Å². The summed E-state index contributed by atoms with van der Waals surface area (Å²) in [5.41, 5.74) is 17.5. The number of nitrogens with one attached hydrogen (secondary N) is 2. The van der Waals surface area contributed by atoms with Crippen LogP contribution in [0.15, 0.2) is 70.5 Å². The lowest BCUT2D eigenvalue weighted by Gasteiger charge is -2.32. The van der Waals surface area contributed by atoms with Crippen molar-refractivity contribution in [1.29, 1.82) is 0 Å². The summed E-state index contributed by atoms with van der Waals surface area (Å²) in [6.45, 7) is 5.99. The van der Waals surface area contributed by atoms with Crippen molar-refractivity contribution in [2.45, 2.75) is 58.2 Å². The van der Waals surface area contributed by atoms with Crippen LogP contribution in [0.4, 0.5) is 5.69 Å². The lowest BCUT2D eigenvalue weighted by molar-refractivity contribution is -0.135. The zero-order valence-corrected chi connectivity index (χ0v) is 25.7. The summed E-state index contributed by atoms with van der Waals surface area (Å²) in [5.74, 6) is 0.0170. The molecule has 6 N–H and O–H groups in total. The molecule has 6 rings (SSSR count). The Kier molecular flexibility index (Phi) is 8.44. The third-order valence-electron chi connectivity index (χ3n) is 8.86. The average Bonchev–Trinajstić information content (AvgIpc) is 3.76. The largest absolute Gasteiger partial charge is 0.390 e. The molecule has 1 saturated heterocycles. The number of aromatic nitrogens is 3. The van der Waals surface area contributed by atoms with E-state index in [-0.39, 0.29) is 28.9 Å². The zero-order valence-electron chi connectivity index (χ0n) is 25.7. The normalized spacial score (nSPS) is 16.0. The van der Waals surface area contributed by atoms with E-state index in [1.165, 1.54) is 6.34 Å². The van der Waals surface area contributed by atoms with Gasteiger partial charge in [0.25, 0.3) is 11.5 Å². The van der Waals surface area contributed by atoms with Crippen molar-refractivity contribution in [3.63, 3.8) is 0 Å². The summed E-state index contributed by atoms with van der Waals surface area (Å²) in [7, 11) is 0. The van der Waals surface area contributed by atoms with Crippen molar-refractivity contribution in [3.8, 4) is 16.8 Å². The Morgan fingerprint density at radius 2 is 1.76 bits per heavy atom. The molecule has 2 aliphatic heterocycles. The van der Waals surface area contributed by atoms with Gasteiger partial charge in [-0.1, -0.05) is 44.2 Å². The van der Waals surface area contributed by atoms with Crippen molar-refractivity contribution in [2.24, 2.45) is 22.4 Å². The highest BCUT2D eigenvalue weighted by Gasteiger charge is 2.30. The third kappa shape index (κ3) is 5.83. The third-order valence-corrected chi connectivity index (χ3v) is 8.86. The molecule has 2 aliphatic rings. The van der Waals surface area contributed by atoms with Crippen LogP contribution in [0, 0.1) is 5.92 Å². The van der Waals surface area contributed by atoms with E-state index in [1.54, 1.807) is 4.68 Å². The molecule has 0 bridgehead atoms. The fraction of sp³-hybridized carbons (Fsp3) is 0.353. The minimum Gasteiger partial charge on any atom is -0.390 e. The molecule has 0 radical (unpaired) electrons. The highest BCUT2D eigenvalue weighted by atomic mass is 16.2. The first-order valence-corrected chi connectivity index (χ1v) is 15.6. The van der Waals surface area contributed by atoms with Gasteiger partial charge < -0.3 is 26.7 Å². The number of rotatable bonds is 8. The predicted octanol–water partition coefficient (Wildman–Crippen LogP) is 4.14. The summed E-state index contributed by atoms with van der Waals surface area (Å²) in [5, 5.41) is 2.94. The van der Waals surface area contributed by atoms with Crippen molar-refractivity contribution < 1.29 is 9.59 Å². The maximum Gasteiger partial charge on any atom is 0.284 e. The number of amides is 2. The maximum absolute atomic E-state index is 13.5. The first-order chi connectivity index (χ1) is 21.8. The molecule has 0 aliphatic carbocycles. The van der Waals surface area contributed by atoms with Crippen LogP contribution in [0.2, 0.25) is 0 Å². The fourth-order valence-corrected chi connectivity index (χ4v) is 6.58. The van der Waals surface area contributed by atoms with E-state index in [0.29, 0.717) is 31.7 Å². The van der Waals surface area contributed by atoms with Gasteiger partial charge in [0.15, 0.2) is 0 Å². The van der Waals surface area contributed by atoms with E-state index in [0.717, 1.165) is 53.2 Å². The number of nitrogens with two attached hydrogens (primary N) is 2. The zero-order chi connectivity index (χ0) is 31.7. The number of carbonyl (C=O) groups is 2. The molecule has 4 heterocycles. The summed E-state index contributed by atoms with van der Waals surface area (Å²) in [4.78, 5) is 49.1. The molecule has 234 valence electrons. The number of nitrogens with zero attached hydrogens (tertiary/aromatic N) is 4. The summed E-state index contributed by atoms with van der Waals surface area (Å²) < 4.78 is 3.52. The molecule has 0 saturated carbocycles. The van der Waals surface area contributed by atoms with Crippen molar-refractivity contribution >= 4 is 23.8 Å². The first-order valence-electron chi connectivity index (χ1n) is 15.6. The number of piperidine rings is 1. The molecule has 1 unspecified atom stereocenters. The molecule has 4 aromatic rings. The second-order valence-electron chi connectivity index (χ2n) is 12.1. The number of fused-ring (bicyclic) bond motifs is 1. The number of aromatic amines is 1. The number of hydrogen-bond donors (Lipinski definition) is 4. The first kappa shape index (κ1) is 30.1. The van der Waals surface area contributed by atoms with Gasteiger partial charge in [-0.3, -0.25) is 24.1 Å². The summed E-state index contributed by atoms with van der Waals surface area (Å²) in [6.07, 6.45) is 3.79. The van der Waals surface area contributed by atoms with Gasteiger partial charge in [0.05, 0.1) is 23.4 Å². The summed E-state index contributed by atoms with van der Waals surface area (Å²) >= 11 is 0. The molecule has 45 heavy (non-hydrogen) atoms. The molecule has 2 aromatic carbocycles. The van der Waals surface area contributed by atoms with Crippen LogP contribution in [-0.4, -0.2) is 50.5 Å². The number of carbonyl (C=O) groups excluding carboxylic acids is 2. The van der Waals surface area contributed by atoms with Crippen molar-refractivity contribution in [2.75, 3.05) is 18.4 Å². The number of benzene rings is 2. The number of H-pyrrole nitrogens is 1. The van der Waals surface area contributed by atoms with Crippen LogP contribution in [0.25, 0.3) is 16.8 Å². The number of hydrogen-bond acceptors (Lipinski definition) is 5. The molecular weight excluding hydrogens is 568 g/mol. The van der Waals surface area contributed by atoms with Crippen LogP contribution < -0.4 is 22.3 Å². The SMILES string of the molecule is CC(C)C(=O)N1CCC(c2cc(-c3ccc(NC(=O)c4c5n(n(-c6ccccc6)c4=O)CCC5)cc3)c(C(N)N=CN)[nH]2)CC1. The lowest BCUT2D eigenvalue weighted by Crippen LogP contribution is -2.40. The Morgan fingerprint density at radius 3 is 2.42 bits per heavy atom. The van der Waals surface area contributed by atoms with Gasteiger partial charge in [-0.25, -0.2) is 4.68 Å². The van der Waals surface area contributed by atoms with Gasteiger partial charge in [-0.2, -0.15) is 0 Å². The fourth-order valence-electron chi connectivity index (χ4n) is 6.58. The van der Waals surface area contributed by atoms with E-state index in [2.05, 4.69) is 21.4 Å². The Morgan fingerprint density at radius 1 is 1.04 bits per heavy atom. The summed E-state index contributed by atoms with van der Waals surface area (Å²) in [6, 6.07) is 19.0. The minimum atomic E-state index is -0.676. The molecule has 2 amide bonds. The van der Waals surface area contributed by atoms with Gasteiger partial charge in [0.2, 0.25) is 5.91 Å². The lowest BCUT2D eigenvalue weighted by atomic mass is 9.92. The number of anilines is 1. The van der Waals surface area contributed by atoms with Crippen LogP contribution >= 0.6 is 0 Å². The minimum absolute atomic E-state index is 0.0116. The Bertz CT molecular complexity index is 1770. The van der Waals surface area contributed by atoms with Crippen LogP contribution in [0.3, 0.4) is 0 Å². The Hall–Kier alpha value is -4.90. The quantitative estimate of drug-likeness (QED) is 0.175. The van der Waals surface area contributed by atoms with E-state index in [4.69, 9.17) is 11.5 Å². The molecule has 11 heteroatoms. The van der Waals surface area contributed by atoms with Gasteiger partial charge in [-0.05, 0) is 61.6 Å². The maximum atomic E-state index is 13.5. The van der Waals surface area contributed by atoms with E-state index in [9.17, 15) is 14.4 Å². The molecule has 11 nitrogen and oxygen atoms in total. The smallest absolute Gasteiger partial charge is 0.284 e. The second kappa shape index (κ2) is 12.6. The van der Waals surface area contributed by atoms with Gasteiger partial charge >= 0.3 is 0 Å².